The smallest absolute Gasteiger partial charge is 0.309 e. The van der Waals surface area contributed by atoms with Gasteiger partial charge in [0.1, 0.15) is 0 Å². The number of rotatable bonds is 5. The molecule has 0 rings (SSSR count). The lowest BCUT2D eigenvalue weighted by Crippen LogP contribution is -2.39. The fourth-order valence-corrected chi connectivity index (χ4v) is 0.949. The lowest BCUT2D eigenvalue weighted by Gasteiger charge is -2.22. The van der Waals surface area contributed by atoms with Crippen molar-refractivity contribution in [2.24, 2.45) is 11.3 Å². The van der Waals surface area contributed by atoms with Crippen LogP contribution in [0, 0.1) is 11.3 Å². The SMILES string of the molecule is CC(C)C(C)NC(=O)CC(C)(C)C(=O)O. The summed E-state index contributed by atoms with van der Waals surface area (Å²) < 4.78 is 0. The van der Waals surface area contributed by atoms with E-state index in [0.29, 0.717) is 5.92 Å². The summed E-state index contributed by atoms with van der Waals surface area (Å²) in [7, 11) is 0. The highest BCUT2D eigenvalue weighted by Gasteiger charge is 2.30. The molecule has 2 N–H and O–H groups in total. The molecular formula is C11H21NO3. The summed E-state index contributed by atoms with van der Waals surface area (Å²) >= 11 is 0. The zero-order valence-electron chi connectivity index (χ0n) is 10.1. The van der Waals surface area contributed by atoms with E-state index in [9.17, 15) is 9.59 Å². The van der Waals surface area contributed by atoms with Crippen LogP contribution < -0.4 is 5.32 Å². The molecule has 0 aromatic rings. The predicted molar refractivity (Wildman–Crippen MR) is 58.5 cm³/mol. The first-order valence-electron chi connectivity index (χ1n) is 5.19. The number of nitrogens with one attached hydrogen (secondary N) is 1. The van der Waals surface area contributed by atoms with Crippen molar-refractivity contribution < 1.29 is 14.7 Å². The van der Waals surface area contributed by atoms with Crippen molar-refractivity contribution in [1.29, 1.82) is 0 Å². The summed E-state index contributed by atoms with van der Waals surface area (Å²) in [5.74, 6) is -0.805. The van der Waals surface area contributed by atoms with E-state index in [2.05, 4.69) is 5.32 Å². The minimum absolute atomic E-state index is 0.0133. The molecule has 15 heavy (non-hydrogen) atoms. The van der Waals surface area contributed by atoms with E-state index in [4.69, 9.17) is 5.11 Å². The lowest BCUT2D eigenvalue weighted by atomic mass is 9.89. The van der Waals surface area contributed by atoms with Crippen LogP contribution in [0.4, 0.5) is 0 Å². The van der Waals surface area contributed by atoms with Crippen molar-refractivity contribution in [2.75, 3.05) is 0 Å². The number of carbonyl (C=O) groups is 2. The first-order valence-corrected chi connectivity index (χ1v) is 5.19. The van der Waals surface area contributed by atoms with Crippen LogP contribution in [0.2, 0.25) is 0 Å². The minimum atomic E-state index is -0.999. The predicted octanol–water partition coefficient (Wildman–Crippen LogP) is 1.65. The summed E-state index contributed by atoms with van der Waals surface area (Å²) in [6, 6.07) is 0.0714. The quantitative estimate of drug-likeness (QED) is 0.732. The Balaban J connectivity index is 4.21. The van der Waals surface area contributed by atoms with Gasteiger partial charge in [0.05, 0.1) is 5.41 Å². The molecule has 0 saturated heterocycles. The molecule has 0 saturated carbocycles. The van der Waals surface area contributed by atoms with Crippen LogP contribution in [0.25, 0.3) is 0 Å². The average Bonchev–Trinajstić information content (AvgIpc) is 2.01. The van der Waals surface area contributed by atoms with Crippen LogP contribution in [-0.4, -0.2) is 23.0 Å². The normalized spacial score (nSPS) is 13.7. The molecule has 0 aliphatic heterocycles. The van der Waals surface area contributed by atoms with Gasteiger partial charge in [-0.3, -0.25) is 9.59 Å². The molecule has 0 bridgehead atoms. The Bertz CT molecular complexity index is 246. The Kier molecular flexibility index (Phi) is 4.78. The number of carboxylic acid groups (broad SMARTS) is 1. The fourth-order valence-electron chi connectivity index (χ4n) is 0.949. The molecule has 1 amide bonds. The standard InChI is InChI=1S/C11H21NO3/c1-7(2)8(3)12-9(13)6-11(4,5)10(14)15/h7-8H,6H2,1-5H3,(H,12,13)(H,14,15). The van der Waals surface area contributed by atoms with Gasteiger partial charge in [-0.1, -0.05) is 13.8 Å². The first kappa shape index (κ1) is 13.9. The maximum atomic E-state index is 11.5. The number of carbonyl (C=O) groups excluding carboxylic acids is 1. The zero-order valence-corrected chi connectivity index (χ0v) is 10.1. The van der Waals surface area contributed by atoms with Crippen molar-refractivity contribution in [3.05, 3.63) is 0 Å². The summed E-state index contributed by atoms with van der Waals surface area (Å²) in [5, 5.41) is 11.6. The Labute approximate surface area is 91.1 Å². The third-order valence-corrected chi connectivity index (χ3v) is 2.57. The summed E-state index contributed by atoms with van der Waals surface area (Å²) in [6.45, 7) is 9.03. The van der Waals surface area contributed by atoms with Crippen LogP contribution >= 0.6 is 0 Å². The molecule has 1 atom stereocenters. The topological polar surface area (TPSA) is 66.4 Å². The van der Waals surface area contributed by atoms with E-state index >= 15 is 0 Å². The number of carboxylic acids is 1. The Morgan fingerprint density at radius 2 is 1.73 bits per heavy atom. The van der Waals surface area contributed by atoms with E-state index in [0.717, 1.165) is 0 Å². The highest BCUT2D eigenvalue weighted by Crippen LogP contribution is 2.20. The molecule has 1 unspecified atom stereocenters. The van der Waals surface area contributed by atoms with Crippen LogP contribution in [0.1, 0.15) is 41.0 Å². The largest absolute Gasteiger partial charge is 0.481 e. The molecule has 4 nitrogen and oxygen atoms in total. The highest BCUT2D eigenvalue weighted by molar-refractivity contribution is 5.84. The van der Waals surface area contributed by atoms with Gasteiger partial charge < -0.3 is 10.4 Å². The monoisotopic (exact) mass is 215 g/mol. The third-order valence-electron chi connectivity index (χ3n) is 2.57. The van der Waals surface area contributed by atoms with Gasteiger partial charge in [0, 0.05) is 12.5 Å². The fraction of sp³-hybridized carbons (Fsp3) is 0.818. The van der Waals surface area contributed by atoms with Crippen LogP contribution in [-0.2, 0) is 9.59 Å². The van der Waals surface area contributed by atoms with E-state index < -0.39 is 11.4 Å². The number of amides is 1. The van der Waals surface area contributed by atoms with Gasteiger partial charge in [-0.2, -0.15) is 0 Å². The van der Waals surface area contributed by atoms with Crippen LogP contribution in [0.5, 0.6) is 0 Å². The molecule has 0 spiro atoms. The van der Waals surface area contributed by atoms with Gasteiger partial charge in [0.25, 0.3) is 0 Å². The number of hydrogen-bond acceptors (Lipinski definition) is 2. The molecule has 0 heterocycles. The molecular weight excluding hydrogens is 194 g/mol. The maximum Gasteiger partial charge on any atom is 0.309 e. The Morgan fingerprint density at radius 3 is 2.07 bits per heavy atom. The molecule has 0 aromatic heterocycles. The number of aliphatic carboxylic acids is 1. The summed E-state index contributed by atoms with van der Waals surface area (Å²) in [4.78, 5) is 22.3. The van der Waals surface area contributed by atoms with E-state index in [1.54, 1.807) is 13.8 Å². The van der Waals surface area contributed by atoms with Crippen molar-refractivity contribution in [1.82, 2.24) is 5.32 Å². The van der Waals surface area contributed by atoms with Crippen LogP contribution in [0.15, 0.2) is 0 Å². The Hall–Kier alpha value is -1.06. The molecule has 88 valence electrons. The van der Waals surface area contributed by atoms with Crippen molar-refractivity contribution >= 4 is 11.9 Å². The van der Waals surface area contributed by atoms with E-state index in [-0.39, 0.29) is 18.4 Å². The molecule has 0 aliphatic rings. The van der Waals surface area contributed by atoms with Crippen molar-refractivity contribution in [2.45, 2.75) is 47.1 Å². The molecule has 0 radical (unpaired) electrons. The van der Waals surface area contributed by atoms with Gasteiger partial charge in [-0.05, 0) is 26.7 Å². The number of hydrogen-bond donors (Lipinski definition) is 2. The van der Waals surface area contributed by atoms with Crippen molar-refractivity contribution in [3.8, 4) is 0 Å². The van der Waals surface area contributed by atoms with Gasteiger partial charge in [0.15, 0.2) is 0 Å². The Morgan fingerprint density at radius 1 is 1.27 bits per heavy atom. The second-order valence-corrected chi connectivity index (χ2v) is 4.97. The molecule has 0 fully saturated rings. The van der Waals surface area contributed by atoms with Crippen molar-refractivity contribution in [3.63, 3.8) is 0 Å². The maximum absolute atomic E-state index is 11.5. The van der Waals surface area contributed by atoms with E-state index in [1.165, 1.54) is 0 Å². The molecule has 0 aliphatic carbocycles. The second-order valence-electron chi connectivity index (χ2n) is 4.97. The minimum Gasteiger partial charge on any atom is -0.481 e. The van der Waals surface area contributed by atoms with Gasteiger partial charge in [0.2, 0.25) is 5.91 Å². The third kappa shape index (κ3) is 4.81. The molecule has 0 aromatic carbocycles. The lowest BCUT2D eigenvalue weighted by molar-refractivity contribution is -0.149. The van der Waals surface area contributed by atoms with Gasteiger partial charge >= 0.3 is 5.97 Å². The molecule has 4 heteroatoms. The average molecular weight is 215 g/mol. The zero-order chi connectivity index (χ0) is 12.2. The summed E-state index contributed by atoms with van der Waals surface area (Å²) in [5.41, 5.74) is -0.999. The second kappa shape index (κ2) is 5.14. The highest BCUT2D eigenvalue weighted by atomic mass is 16.4. The van der Waals surface area contributed by atoms with Gasteiger partial charge in [-0.15, -0.1) is 0 Å². The first-order chi connectivity index (χ1) is 6.66. The van der Waals surface area contributed by atoms with E-state index in [1.807, 2.05) is 20.8 Å². The van der Waals surface area contributed by atoms with Crippen LogP contribution in [0.3, 0.4) is 0 Å². The van der Waals surface area contributed by atoms with Gasteiger partial charge in [-0.25, -0.2) is 0 Å². The summed E-state index contributed by atoms with van der Waals surface area (Å²) in [6.07, 6.45) is 0.0133.